The fourth-order valence-electron chi connectivity index (χ4n) is 5.02. The first-order chi connectivity index (χ1) is 12.4. The summed E-state index contributed by atoms with van der Waals surface area (Å²) in [6, 6.07) is 8.86. The van der Waals surface area contributed by atoms with Gasteiger partial charge in [-0.3, -0.25) is 0 Å². The van der Waals surface area contributed by atoms with Gasteiger partial charge in [0, 0.05) is 36.4 Å². The summed E-state index contributed by atoms with van der Waals surface area (Å²) in [7, 11) is 0. The van der Waals surface area contributed by atoms with Gasteiger partial charge in [0.25, 0.3) is 0 Å². The number of hydrogen-bond donors (Lipinski definition) is 1. The van der Waals surface area contributed by atoms with Crippen molar-refractivity contribution in [1.29, 1.82) is 0 Å². The number of ether oxygens (including phenoxy) is 2. The van der Waals surface area contributed by atoms with Crippen molar-refractivity contribution < 1.29 is 9.47 Å². The van der Waals surface area contributed by atoms with Gasteiger partial charge in [0.15, 0.2) is 0 Å². The number of aromatic nitrogens is 2. The quantitative estimate of drug-likeness (QED) is 0.877. The molecule has 2 saturated carbocycles. The molecule has 3 atom stereocenters. The lowest BCUT2D eigenvalue weighted by atomic mass is 9.46. The summed E-state index contributed by atoms with van der Waals surface area (Å²) in [6.45, 7) is 2.37. The molecule has 25 heavy (non-hydrogen) atoms. The SMILES string of the molecule is c1ccc(OCCn2ccnc2)c(NC2C3CCOC3C23CCC3)c1. The average molecular weight is 339 g/mol. The Kier molecular flexibility index (Phi) is 3.70. The smallest absolute Gasteiger partial charge is 0.142 e. The Bertz CT molecular complexity index is 726. The first kappa shape index (κ1) is 15.3. The lowest BCUT2D eigenvalue weighted by Crippen LogP contribution is -2.68. The van der Waals surface area contributed by atoms with Gasteiger partial charge in [0.1, 0.15) is 12.4 Å². The Balaban J connectivity index is 1.28. The van der Waals surface area contributed by atoms with E-state index in [9.17, 15) is 0 Å². The number of imidazole rings is 1. The van der Waals surface area contributed by atoms with Gasteiger partial charge in [0.2, 0.25) is 0 Å². The monoisotopic (exact) mass is 339 g/mol. The van der Waals surface area contributed by atoms with Crippen LogP contribution in [0.25, 0.3) is 0 Å². The van der Waals surface area contributed by atoms with E-state index in [2.05, 4.69) is 28.5 Å². The van der Waals surface area contributed by atoms with E-state index >= 15 is 0 Å². The molecule has 2 aromatic rings. The molecule has 1 aliphatic heterocycles. The maximum absolute atomic E-state index is 6.07. The Hall–Kier alpha value is -2.01. The van der Waals surface area contributed by atoms with Crippen molar-refractivity contribution in [3.05, 3.63) is 43.0 Å². The summed E-state index contributed by atoms with van der Waals surface area (Å²) >= 11 is 0. The van der Waals surface area contributed by atoms with Crippen LogP contribution in [0.4, 0.5) is 5.69 Å². The van der Waals surface area contributed by atoms with Crippen LogP contribution in [0.3, 0.4) is 0 Å². The molecule has 2 heterocycles. The summed E-state index contributed by atoms with van der Waals surface area (Å²) in [4.78, 5) is 4.07. The van der Waals surface area contributed by atoms with Gasteiger partial charge in [0.05, 0.1) is 24.7 Å². The lowest BCUT2D eigenvalue weighted by Gasteiger charge is -2.63. The predicted octanol–water partition coefficient (Wildman–Crippen LogP) is 3.33. The standard InChI is InChI=1S/C20H25N3O2/c1-2-5-17(24-13-11-23-10-9-21-14-23)16(4-1)22-18-15-6-12-25-19(15)20(18)7-3-8-20/h1-2,4-5,9-10,14-15,18-19,22H,3,6-8,11-13H2. The molecule has 5 rings (SSSR count). The second-order valence-corrected chi connectivity index (χ2v) is 7.60. The highest BCUT2D eigenvalue weighted by Gasteiger charge is 2.66. The molecule has 1 spiro atoms. The third-order valence-electron chi connectivity index (χ3n) is 6.40. The van der Waals surface area contributed by atoms with Crippen LogP contribution < -0.4 is 10.1 Å². The molecule has 0 radical (unpaired) electrons. The van der Waals surface area contributed by atoms with Crippen LogP contribution in [0.2, 0.25) is 0 Å². The minimum absolute atomic E-state index is 0.380. The summed E-state index contributed by atoms with van der Waals surface area (Å²) in [5.41, 5.74) is 1.50. The third kappa shape index (κ3) is 2.44. The maximum atomic E-state index is 6.07. The fourth-order valence-corrected chi connectivity index (χ4v) is 5.02. The van der Waals surface area contributed by atoms with Gasteiger partial charge in [-0.1, -0.05) is 18.6 Å². The zero-order valence-corrected chi connectivity index (χ0v) is 14.4. The van der Waals surface area contributed by atoms with Crippen molar-refractivity contribution in [2.75, 3.05) is 18.5 Å². The molecule has 3 aliphatic rings. The van der Waals surface area contributed by atoms with Crippen LogP contribution in [0, 0.1) is 11.3 Å². The molecular formula is C20H25N3O2. The van der Waals surface area contributed by atoms with Gasteiger partial charge in [-0.25, -0.2) is 4.98 Å². The van der Waals surface area contributed by atoms with Crippen molar-refractivity contribution in [2.24, 2.45) is 11.3 Å². The Morgan fingerprint density at radius 1 is 1.32 bits per heavy atom. The highest BCUT2D eigenvalue weighted by Crippen LogP contribution is 2.63. The summed E-state index contributed by atoms with van der Waals surface area (Å²) in [5.74, 6) is 1.61. The lowest BCUT2D eigenvalue weighted by molar-refractivity contribution is -0.158. The molecule has 5 heteroatoms. The van der Waals surface area contributed by atoms with E-state index in [1.807, 2.05) is 23.2 Å². The third-order valence-corrected chi connectivity index (χ3v) is 6.40. The maximum Gasteiger partial charge on any atom is 0.142 e. The van der Waals surface area contributed by atoms with Gasteiger partial charge in [-0.2, -0.15) is 0 Å². The van der Waals surface area contributed by atoms with E-state index in [0.29, 0.717) is 30.1 Å². The summed E-state index contributed by atoms with van der Waals surface area (Å²) in [5, 5.41) is 3.83. The molecule has 1 saturated heterocycles. The highest BCUT2D eigenvalue weighted by molar-refractivity contribution is 5.58. The largest absolute Gasteiger partial charge is 0.490 e. The first-order valence-corrected chi connectivity index (χ1v) is 9.42. The van der Waals surface area contributed by atoms with Crippen molar-refractivity contribution in [2.45, 2.75) is 44.4 Å². The van der Waals surface area contributed by atoms with Gasteiger partial charge in [-0.05, 0) is 31.4 Å². The molecule has 3 fully saturated rings. The van der Waals surface area contributed by atoms with Gasteiger partial charge < -0.3 is 19.4 Å². The highest BCUT2D eigenvalue weighted by atomic mass is 16.5. The molecule has 1 aromatic heterocycles. The van der Waals surface area contributed by atoms with Crippen LogP contribution in [0.15, 0.2) is 43.0 Å². The number of anilines is 1. The van der Waals surface area contributed by atoms with Crippen LogP contribution in [0.5, 0.6) is 5.75 Å². The molecule has 0 amide bonds. The van der Waals surface area contributed by atoms with Gasteiger partial charge >= 0.3 is 0 Å². The Labute approximate surface area is 148 Å². The van der Waals surface area contributed by atoms with E-state index in [1.165, 1.54) is 25.7 Å². The van der Waals surface area contributed by atoms with Crippen molar-refractivity contribution in [3.63, 3.8) is 0 Å². The Morgan fingerprint density at radius 2 is 2.24 bits per heavy atom. The number of nitrogens with zero attached hydrogens (tertiary/aromatic N) is 2. The second-order valence-electron chi connectivity index (χ2n) is 7.60. The minimum atomic E-state index is 0.380. The summed E-state index contributed by atoms with van der Waals surface area (Å²) < 4.78 is 14.1. The van der Waals surface area contributed by atoms with Crippen molar-refractivity contribution >= 4 is 5.69 Å². The number of para-hydroxylation sites is 2. The molecule has 1 N–H and O–H groups in total. The molecular weight excluding hydrogens is 314 g/mol. The normalized spacial score (nSPS) is 28.9. The van der Waals surface area contributed by atoms with Gasteiger partial charge in [-0.15, -0.1) is 0 Å². The van der Waals surface area contributed by atoms with Crippen LogP contribution in [-0.4, -0.2) is 34.9 Å². The molecule has 132 valence electrons. The Morgan fingerprint density at radius 3 is 3.04 bits per heavy atom. The molecule has 3 unspecified atom stereocenters. The second kappa shape index (κ2) is 6.06. The van der Waals surface area contributed by atoms with E-state index < -0.39 is 0 Å². The summed E-state index contributed by atoms with van der Waals surface area (Å²) in [6.07, 6.45) is 11.2. The number of hydrogen-bond acceptors (Lipinski definition) is 4. The predicted molar refractivity (Wildman–Crippen MR) is 95.7 cm³/mol. The number of rotatable bonds is 6. The van der Waals surface area contributed by atoms with E-state index in [4.69, 9.17) is 9.47 Å². The zero-order chi connectivity index (χ0) is 16.7. The average Bonchev–Trinajstić information content (AvgIpc) is 3.23. The topological polar surface area (TPSA) is 48.3 Å². The molecule has 0 bridgehead atoms. The number of fused-ring (bicyclic) bond motifs is 2. The molecule has 5 nitrogen and oxygen atoms in total. The molecule has 1 aromatic carbocycles. The number of nitrogens with one attached hydrogen (secondary N) is 1. The molecule has 2 aliphatic carbocycles. The van der Waals surface area contributed by atoms with Crippen LogP contribution in [-0.2, 0) is 11.3 Å². The van der Waals surface area contributed by atoms with Crippen LogP contribution >= 0.6 is 0 Å². The zero-order valence-electron chi connectivity index (χ0n) is 14.4. The minimum Gasteiger partial charge on any atom is -0.490 e. The van der Waals surface area contributed by atoms with E-state index in [1.54, 1.807) is 6.20 Å². The van der Waals surface area contributed by atoms with Crippen molar-refractivity contribution in [3.8, 4) is 5.75 Å². The van der Waals surface area contributed by atoms with Crippen molar-refractivity contribution in [1.82, 2.24) is 9.55 Å². The number of benzene rings is 1. The van der Waals surface area contributed by atoms with E-state index in [-0.39, 0.29) is 0 Å². The first-order valence-electron chi connectivity index (χ1n) is 9.42. The fraction of sp³-hybridized carbons (Fsp3) is 0.550. The van der Waals surface area contributed by atoms with E-state index in [0.717, 1.165) is 24.6 Å². The van der Waals surface area contributed by atoms with Crippen LogP contribution in [0.1, 0.15) is 25.7 Å².